The van der Waals surface area contributed by atoms with Crippen LogP contribution in [-0.4, -0.2) is 26.2 Å². The van der Waals surface area contributed by atoms with Crippen LogP contribution in [0.15, 0.2) is 70.9 Å². The fraction of sp³-hybridized carbons (Fsp3) is 0.182. The van der Waals surface area contributed by atoms with Crippen LogP contribution in [-0.2, 0) is 16.6 Å². The smallest absolute Gasteiger partial charge is 0.252 e. The maximum atomic E-state index is 12.7. The van der Waals surface area contributed by atoms with Crippen molar-refractivity contribution in [2.45, 2.75) is 30.3 Å². The average molecular weight is 441 g/mol. The predicted molar refractivity (Wildman–Crippen MR) is 115 cm³/mol. The lowest BCUT2D eigenvalue weighted by molar-refractivity contribution is 0.0940. The molecule has 0 bridgehead atoms. The first-order valence-corrected chi connectivity index (χ1v) is 11.9. The quantitative estimate of drug-likeness (QED) is 0.526. The Bertz CT molecular complexity index is 1170. The average Bonchev–Trinajstić information content (AvgIpc) is 3.38. The van der Waals surface area contributed by atoms with E-state index in [2.05, 4.69) is 10.0 Å². The van der Waals surface area contributed by atoms with Crippen molar-refractivity contribution in [3.63, 3.8) is 0 Å². The number of rotatable bonds is 8. The van der Waals surface area contributed by atoms with Gasteiger partial charge < -0.3 is 5.32 Å². The number of benzene rings is 2. The van der Waals surface area contributed by atoms with Crippen LogP contribution in [0, 0.1) is 0 Å². The molecular weight excluding hydrogens is 420 g/mol. The Balaban J connectivity index is 1.43. The molecule has 2 N–H and O–H groups in total. The van der Waals surface area contributed by atoms with Gasteiger partial charge >= 0.3 is 0 Å². The van der Waals surface area contributed by atoms with Crippen molar-refractivity contribution < 1.29 is 18.0 Å². The molecular formula is C22H20N2O4S2. The number of ketones is 1. The summed E-state index contributed by atoms with van der Waals surface area (Å²) >= 11 is 1.33. The Kier molecular flexibility index (Phi) is 5.80. The number of amides is 1. The standard InChI is InChI=1S/C22H20N2O4S2/c25-21(20-6-3-13-29-20)18-4-1-2-5-19(18)22(26)23-14-15-7-11-17(12-8-15)30(27,28)24-16-9-10-16/h1-8,11-13,16,24H,9-10,14H2,(H,23,26). The highest BCUT2D eigenvalue weighted by Crippen LogP contribution is 2.22. The normalized spacial score (nSPS) is 13.7. The van der Waals surface area contributed by atoms with Gasteiger partial charge in [-0.15, -0.1) is 11.3 Å². The van der Waals surface area contributed by atoms with Crippen molar-refractivity contribution in [1.29, 1.82) is 0 Å². The van der Waals surface area contributed by atoms with Crippen LogP contribution >= 0.6 is 11.3 Å². The molecule has 154 valence electrons. The van der Waals surface area contributed by atoms with Crippen LogP contribution in [0.5, 0.6) is 0 Å². The molecule has 0 radical (unpaired) electrons. The van der Waals surface area contributed by atoms with E-state index >= 15 is 0 Å². The molecule has 0 aliphatic heterocycles. The summed E-state index contributed by atoms with van der Waals surface area (Å²) in [6.07, 6.45) is 1.75. The third-order valence-electron chi connectivity index (χ3n) is 4.75. The van der Waals surface area contributed by atoms with E-state index in [1.807, 2.05) is 5.38 Å². The van der Waals surface area contributed by atoms with E-state index in [4.69, 9.17) is 0 Å². The van der Waals surface area contributed by atoms with Crippen molar-refractivity contribution in [2.75, 3.05) is 0 Å². The highest BCUT2D eigenvalue weighted by atomic mass is 32.2. The summed E-state index contributed by atoms with van der Waals surface area (Å²) in [5, 5.41) is 4.62. The minimum atomic E-state index is -3.50. The molecule has 0 atom stereocenters. The summed E-state index contributed by atoms with van der Waals surface area (Å²) in [5.41, 5.74) is 1.42. The van der Waals surface area contributed by atoms with Crippen molar-refractivity contribution in [1.82, 2.24) is 10.0 Å². The fourth-order valence-electron chi connectivity index (χ4n) is 2.97. The number of carbonyl (C=O) groups excluding carboxylic acids is 2. The lowest BCUT2D eigenvalue weighted by Crippen LogP contribution is -2.26. The van der Waals surface area contributed by atoms with Gasteiger partial charge in [-0.3, -0.25) is 9.59 Å². The first kappa shape index (κ1) is 20.5. The molecule has 1 aromatic heterocycles. The Morgan fingerprint density at radius 3 is 2.27 bits per heavy atom. The van der Waals surface area contributed by atoms with Crippen molar-refractivity contribution in [3.05, 3.63) is 87.6 Å². The van der Waals surface area contributed by atoms with Gasteiger partial charge in [0.1, 0.15) is 0 Å². The zero-order valence-electron chi connectivity index (χ0n) is 16.0. The zero-order chi connectivity index (χ0) is 21.1. The largest absolute Gasteiger partial charge is 0.348 e. The molecule has 8 heteroatoms. The van der Waals surface area contributed by atoms with E-state index in [0.717, 1.165) is 18.4 Å². The van der Waals surface area contributed by atoms with E-state index in [1.54, 1.807) is 48.5 Å². The van der Waals surface area contributed by atoms with Crippen molar-refractivity contribution >= 4 is 33.1 Å². The molecule has 1 amide bonds. The minimum Gasteiger partial charge on any atom is -0.348 e. The molecule has 6 nitrogen and oxygen atoms in total. The lowest BCUT2D eigenvalue weighted by Gasteiger charge is -2.10. The van der Waals surface area contributed by atoms with Crippen molar-refractivity contribution in [2.24, 2.45) is 0 Å². The van der Waals surface area contributed by atoms with Crippen LogP contribution in [0.3, 0.4) is 0 Å². The minimum absolute atomic E-state index is 0.0471. The Hall–Kier alpha value is -2.81. The molecule has 1 saturated carbocycles. The van der Waals surface area contributed by atoms with Crippen LogP contribution in [0.2, 0.25) is 0 Å². The molecule has 3 aromatic rings. The van der Waals surface area contributed by atoms with Gasteiger partial charge in [0.15, 0.2) is 0 Å². The van der Waals surface area contributed by atoms with E-state index in [0.29, 0.717) is 16.0 Å². The van der Waals surface area contributed by atoms with Gasteiger partial charge in [0, 0.05) is 18.2 Å². The summed E-state index contributed by atoms with van der Waals surface area (Å²) < 4.78 is 27.1. The number of hydrogen-bond donors (Lipinski definition) is 2. The van der Waals surface area contributed by atoms with E-state index in [-0.39, 0.29) is 29.2 Å². The molecule has 4 rings (SSSR count). The topological polar surface area (TPSA) is 92.3 Å². The maximum Gasteiger partial charge on any atom is 0.252 e. The predicted octanol–water partition coefficient (Wildman–Crippen LogP) is 3.35. The second-order valence-corrected chi connectivity index (χ2v) is 9.74. The Morgan fingerprint density at radius 2 is 1.63 bits per heavy atom. The Labute approximate surface area is 179 Å². The number of hydrogen-bond acceptors (Lipinski definition) is 5. The third-order valence-corrected chi connectivity index (χ3v) is 7.15. The Morgan fingerprint density at radius 1 is 0.933 bits per heavy atom. The third kappa shape index (κ3) is 4.67. The van der Waals surface area contributed by atoms with Gasteiger partial charge in [0.2, 0.25) is 15.8 Å². The van der Waals surface area contributed by atoms with Gasteiger partial charge in [0.05, 0.1) is 15.3 Å². The first-order chi connectivity index (χ1) is 14.4. The summed E-state index contributed by atoms with van der Waals surface area (Å²) in [6, 6.07) is 16.7. The van der Waals surface area contributed by atoms with Gasteiger partial charge in [-0.25, -0.2) is 13.1 Å². The molecule has 1 aliphatic rings. The second-order valence-electron chi connectivity index (χ2n) is 7.07. The number of sulfonamides is 1. The first-order valence-electron chi connectivity index (χ1n) is 9.51. The highest BCUT2D eigenvalue weighted by Gasteiger charge is 2.27. The molecule has 1 heterocycles. The SMILES string of the molecule is O=C(NCc1ccc(S(=O)(=O)NC2CC2)cc1)c1ccccc1C(=O)c1cccs1. The molecule has 1 fully saturated rings. The summed E-state index contributed by atoms with van der Waals surface area (Å²) in [7, 11) is -3.50. The molecule has 1 aliphatic carbocycles. The lowest BCUT2D eigenvalue weighted by atomic mass is 10.0. The van der Waals surface area contributed by atoms with E-state index < -0.39 is 10.0 Å². The van der Waals surface area contributed by atoms with Gasteiger partial charge in [-0.2, -0.15) is 0 Å². The second kappa shape index (κ2) is 8.51. The van der Waals surface area contributed by atoms with Gasteiger partial charge in [0.25, 0.3) is 5.91 Å². The van der Waals surface area contributed by atoms with Crippen LogP contribution in [0.4, 0.5) is 0 Å². The van der Waals surface area contributed by atoms with Gasteiger partial charge in [-0.1, -0.05) is 36.4 Å². The molecule has 30 heavy (non-hydrogen) atoms. The summed E-state index contributed by atoms with van der Waals surface area (Å²) in [6.45, 7) is 0.219. The summed E-state index contributed by atoms with van der Waals surface area (Å²) in [4.78, 5) is 26.2. The molecule has 0 spiro atoms. The molecule has 0 unspecified atom stereocenters. The summed E-state index contributed by atoms with van der Waals surface area (Å²) in [5.74, 6) is -0.545. The molecule has 0 saturated heterocycles. The number of nitrogens with one attached hydrogen (secondary N) is 2. The van der Waals surface area contributed by atoms with Crippen molar-refractivity contribution in [3.8, 4) is 0 Å². The number of thiophene rings is 1. The molecule has 2 aromatic carbocycles. The van der Waals surface area contributed by atoms with Crippen LogP contribution in [0.1, 0.15) is 44.0 Å². The fourth-order valence-corrected chi connectivity index (χ4v) is 4.96. The van der Waals surface area contributed by atoms with Crippen LogP contribution in [0.25, 0.3) is 0 Å². The maximum absolute atomic E-state index is 12.7. The van der Waals surface area contributed by atoms with E-state index in [1.165, 1.54) is 23.5 Å². The highest BCUT2D eigenvalue weighted by molar-refractivity contribution is 7.89. The van der Waals surface area contributed by atoms with Gasteiger partial charge in [-0.05, 0) is 48.1 Å². The zero-order valence-corrected chi connectivity index (χ0v) is 17.6. The van der Waals surface area contributed by atoms with Crippen LogP contribution < -0.4 is 10.0 Å². The van der Waals surface area contributed by atoms with E-state index in [9.17, 15) is 18.0 Å². The monoisotopic (exact) mass is 440 g/mol. The number of carbonyl (C=O) groups is 2.